The lowest BCUT2D eigenvalue weighted by Crippen LogP contribution is -2.23. The molecule has 0 aliphatic rings. The Morgan fingerprint density at radius 2 is 1.85 bits per heavy atom. The van der Waals surface area contributed by atoms with Crippen LogP contribution < -0.4 is 20.5 Å². The monoisotopic (exact) mass is 279 g/mol. The Bertz CT molecular complexity index is 445. The van der Waals surface area contributed by atoms with Crippen LogP contribution in [-0.4, -0.2) is 25.7 Å². The van der Waals surface area contributed by atoms with Gasteiger partial charge in [-0.1, -0.05) is 13.8 Å². The van der Waals surface area contributed by atoms with E-state index in [-0.39, 0.29) is 0 Å². The predicted octanol–water partition coefficient (Wildman–Crippen LogP) is 2.87. The minimum absolute atomic E-state index is 0.408. The van der Waals surface area contributed by atoms with Gasteiger partial charge in [-0.25, -0.2) is 0 Å². The number of rotatable bonds is 7. The highest BCUT2D eigenvalue weighted by Crippen LogP contribution is 2.30. The summed E-state index contributed by atoms with van der Waals surface area (Å²) in [5.41, 5.74) is 6.68. The second-order valence-electron chi connectivity index (χ2n) is 4.77. The Balaban J connectivity index is 2.80. The third-order valence-electron chi connectivity index (χ3n) is 2.44. The molecule has 0 spiro atoms. The van der Waals surface area contributed by atoms with Crippen molar-refractivity contribution >= 4 is 11.6 Å². The average Bonchev–Trinajstić information content (AvgIpc) is 2.40. The van der Waals surface area contributed by atoms with Crippen LogP contribution >= 0.6 is 0 Å². The van der Waals surface area contributed by atoms with Crippen molar-refractivity contribution < 1.29 is 9.47 Å². The number of aliphatic imine (C=N–C) groups is 1. The van der Waals surface area contributed by atoms with Crippen LogP contribution in [0.3, 0.4) is 0 Å². The first kappa shape index (κ1) is 16.1. The molecule has 0 aliphatic heterocycles. The first-order valence-corrected chi connectivity index (χ1v) is 7.03. The lowest BCUT2D eigenvalue weighted by atomic mass is 10.2. The van der Waals surface area contributed by atoms with Gasteiger partial charge in [0, 0.05) is 18.3 Å². The minimum Gasteiger partial charge on any atom is -0.490 e. The van der Waals surface area contributed by atoms with Gasteiger partial charge in [-0.3, -0.25) is 4.99 Å². The van der Waals surface area contributed by atoms with E-state index in [4.69, 9.17) is 15.2 Å². The molecule has 5 heteroatoms. The molecule has 1 aromatic rings. The maximum absolute atomic E-state index is 5.84. The van der Waals surface area contributed by atoms with Crippen molar-refractivity contribution in [2.24, 2.45) is 16.6 Å². The van der Waals surface area contributed by atoms with Crippen molar-refractivity contribution in [3.05, 3.63) is 18.2 Å². The number of anilines is 1. The molecule has 5 nitrogen and oxygen atoms in total. The van der Waals surface area contributed by atoms with E-state index in [1.807, 2.05) is 32.0 Å². The van der Waals surface area contributed by atoms with Gasteiger partial charge in [0.1, 0.15) is 0 Å². The van der Waals surface area contributed by atoms with E-state index in [2.05, 4.69) is 24.2 Å². The zero-order chi connectivity index (χ0) is 15.0. The Morgan fingerprint density at radius 1 is 1.20 bits per heavy atom. The molecule has 0 aromatic heterocycles. The largest absolute Gasteiger partial charge is 0.490 e. The van der Waals surface area contributed by atoms with E-state index in [0.717, 1.165) is 11.4 Å². The summed E-state index contributed by atoms with van der Waals surface area (Å²) in [5.74, 6) is 2.33. The van der Waals surface area contributed by atoms with Crippen LogP contribution in [0.5, 0.6) is 11.5 Å². The van der Waals surface area contributed by atoms with Crippen LogP contribution in [0.1, 0.15) is 27.7 Å². The first-order chi connectivity index (χ1) is 9.56. The fourth-order valence-electron chi connectivity index (χ4n) is 1.60. The summed E-state index contributed by atoms with van der Waals surface area (Å²) in [6, 6.07) is 5.63. The molecule has 0 saturated heterocycles. The van der Waals surface area contributed by atoms with E-state index in [1.54, 1.807) is 0 Å². The molecule has 0 aliphatic carbocycles. The van der Waals surface area contributed by atoms with Gasteiger partial charge < -0.3 is 20.5 Å². The third kappa shape index (κ3) is 5.38. The molecule has 112 valence electrons. The maximum atomic E-state index is 5.84. The summed E-state index contributed by atoms with van der Waals surface area (Å²) >= 11 is 0. The summed E-state index contributed by atoms with van der Waals surface area (Å²) in [7, 11) is 0. The fourth-order valence-corrected chi connectivity index (χ4v) is 1.60. The van der Waals surface area contributed by atoms with Gasteiger partial charge in [-0.2, -0.15) is 0 Å². The van der Waals surface area contributed by atoms with E-state index < -0.39 is 0 Å². The summed E-state index contributed by atoms with van der Waals surface area (Å²) in [4.78, 5) is 4.26. The highest BCUT2D eigenvalue weighted by Gasteiger charge is 2.06. The number of nitrogens with one attached hydrogen (secondary N) is 1. The van der Waals surface area contributed by atoms with Crippen LogP contribution in [0.2, 0.25) is 0 Å². The lowest BCUT2D eigenvalue weighted by Gasteiger charge is -2.13. The Morgan fingerprint density at radius 3 is 2.45 bits per heavy atom. The Kier molecular flexibility index (Phi) is 6.70. The fraction of sp³-hybridized carbons (Fsp3) is 0.533. The molecule has 20 heavy (non-hydrogen) atoms. The van der Waals surface area contributed by atoms with Crippen molar-refractivity contribution in [3.8, 4) is 11.5 Å². The van der Waals surface area contributed by atoms with Crippen LogP contribution in [0.4, 0.5) is 5.69 Å². The molecule has 0 saturated carbocycles. The topological polar surface area (TPSA) is 68.9 Å². The smallest absolute Gasteiger partial charge is 0.193 e. The highest BCUT2D eigenvalue weighted by molar-refractivity contribution is 5.92. The van der Waals surface area contributed by atoms with Gasteiger partial charge in [0.25, 0.3) is 0 Å². The molecule has 0 atom stereocenters. The Hall–Kier alpha value is -1.91. The van der Waals surface area contributed by atoms with E-state index in [1.165, 1.54) is 0 Å². The Labute approximate surface area is 121 Å². The lowest BCUT2D eigenvalue weighted by molar-refractivity contribution is 0.288. The van der Waals surface area contributed by atoms with Gasteiger partial charge in [0.2, 0.25) is 0 Å². The van der Waals surface area contributed by atoms with E-state index in [0.29, 0.717) is 37.4 Å². The van der Waals surface area contributed by atoms with Gasteiger partial charge >= 0.3 is 0 Å². The zero-order valence-electron chi connectivity index (χ0n) is 12.8. The number of nitrogens with zero attached hydrogens (tertiary/aromatic N) is 1. The SMILES string of the molecule is CCOc1ccc(NC(N)=NCC(C)C)cc1OCC. The molecule has 1 rings (SSSR count). The number of hydrogen-bond donors (Lipinski definition) is 2. The van der Waals surface area contributed by atoms with Crippen LogP contribution in [0.25, 0.3) is 0 Å². The second-order valence-corrected chi connectivity index (χ2v) is 4.77. The first-order valence-electron chi connectivity index (χ1n) is 7.03. The molecule has 0 bridgehead atoms. The normalized spacial score (nSPS) is 11.6. The highest BCUT2D eigenvalue weighted by atomic mass is 16.5. The van der Waals surface area contributed by atoms with Gasteiger partial charge in [0.05, 0.1) is 13.2 Å². The molecule has 0 fully saturated rings. The second kappa shape index (κ2) is 8.30. The number of nitrogens with two attached hydrogens (primary N) is 1. The molecule has 0 radical (unpaired) electrons. The molecular weight excluding hydrogens is 254 g/mol. The van der Waals surface area contributed by atoms with Gasteiger partial charge in [-0.05, 0) is 31.9 Å². The number of hydrogen-bond acceptors (Lipinski definition) is 3. The number of ether oxygens (including phenoxy) is 2. The quantitative estimate of drug-likeness (QED) is 0.595. The minimum atomic E-state index is 0.408. The molecular formula is C15H25N3O2. The maximum Gasteiger partial charge on any atom is 0.193 e. The van der Waals surface area contributed by atoms with Crippen LogP contribution in [0, 0.1) is 5.92 Å². The molecule has 1 aromatic carbocycles. The zero-order valence-corrected chi connectivity index (χ0v) is 12.8. The van der Waals surface area contributed by atoms with E-state index >= 15 is 0 Å². The van der Waals surface area contributed by atoms with Crippen LogP contribution in [0.15, 0.2) is 23.2 Å². The van der Waals surface area contributed by atoms with Gasteiger partial charge in [0.15, 0.2) is 17.5 Å². The number of guanidine groups is 1. The third-order valence-corrected chi connectivity index (χ3v) is 2.44. The van der Waals surface area contributed by atoms with Crippen molar-refractivity contribution in [1.82, 2.24) is 0 Å². The van der Waals surface area contributed by atoms with E-state index in [9.17, 15) is 0 Å². The average molecular weight is 279 g/mol. The predicted molar refractivity (Wildman–Crippen MR) is 83.7 cm³/mol. The van der Waals surface area contributed by atoms with Crippen molar-refractivity contribution in [2.75, 3.05) is 25.1 Å². The van der Waals surface area contributed by atoms with Crippen LogP contribution in [-0.2, 0) is 0 Å². The standard InChI is InChI=1S/C15H25N3O2/c1-5-19-13-8-7-12(9-14(13)20-6-2)18-15(16)17-10-11(3)4/h7-9,11H,5-6,10H2,1-4H3,(H3,16,17,18). The molecule has 0 heterocycles. The summed E-state index contributed by atoms with van der Waals surface area (Å²) in [6.07, 6.45) is 0. The van der Waals surface area contributed by atoms with Crippen molar-refractivity contribution in [1.29, 1.82) is 0 Å². The molecule has 0 unspecified atom stereocenters. The van der Waals surface area contributed by atoms with Crippen molar-refractivity contribution in [2.45, 2.75) is 27.7 Å². The summed E-state index contributed by atoms with van der Waals surface area (Å²) < 4.78 is 11.1. The summed E-state index contributed by atoms with van der Waals surface area (Å²) in [6.45, 7) is 9.97. The molecule has 3 N–H and O–H groups in total. The summed E-state index contributed by atoms with van der Waals surface area (Å²) in [5, 5.41) is 3.06. The van der Waals surface area contributed by atoms with Crippen molar-refractivity contribution in [3.63, 3.8) is 0 Å². The van der Waals surface area contributed by atoms with Gasteiger partial charge in [-0.15, -0.1) is 0 Å². The number of benzene rings is 1. The molecule has 0 amide bonds.